The zero-order chi connectivity index (χ0) is 32.7. The van der Waals surface area contributed by atoms with Crippen LogP contribution >= 0.6 is 11.3 Å². The second-order valence-corrected chi connectivity index (χ2v) is 13.4. The molecule has 2 heterocycles. The molecule has 0 spiro atoms. The van der Waals surface area contributed by atoms with Gasteiger partial charge in [0.1, 0.15) is 11.0 Å². The minimum atomic E-state index is -0.174. The Morgan fingerprint density at radius 3 is 2.39 bits per heavy atom. The van der Waals surface area contributed by atoms with Gasteiger partial charge in [-0.15, -0.1) is 11.3 Å². The van der Waals surface area contributed by atoms with Crippen LogP contribution in [0.5, 0.6) is 0 Å². The number of ether oxygens (including phenoxy) is 1. The lowest BCUT2D eigenvalue weighted by atomic mass is 9.98. The Labute approximate surface area is 278 Å². The number of esters is 1. The first-order chi connectivity index (χ1) is 22.3. The topological polar surface area (TPSA) is 83.1 Å². The number of aryl methyl sites for hydroxylation is 1. The fourth-order valence-electron chi connectivity index (χ4n) is 5.87. The maximum atomic E-state index is 12.8. The summed E-state index contributed by atoms with van der Waals surface area (Å²) in [6.45, 7) is 6.09. The van der Waals surface area contributed by atoms with Gasteiger partial charge in [0.2, 0.25) is 5.91 Å². The fourth-order valence-corrected chi connectivity index (χ4v) is 6.82. The van der Waals surface area contributed by atoms with Gasteiger partial charge in [-0.3, -0.25) is 14.4 Å². The van der Waals surface area contributed by atoms with Gasteiger partial charge in [-0.1, -0.05) is 74.4 Å². The quantitative estimate of drug-likeness (QED) is 0.123. The van der Waals surface area contributed by atoms with E-state index in [1.807, 2.05) is 55.4 Å². The molecule has 1 saturated heterocycles. The van der Waals surface area contributed by atoms with Crippen molar-refractivity contribution < 1.29 is 19.1 Å². The zero-order valence-electron chi connectivity index (χ0n) is 27.8. The van der Waals surface area contributed by atoms with E-state index in [9.17, 15) is 14.4 Å². The van der Waals surface area contributed by atoms with Crippen LogP contribution in [0.1, 0.15) is 78.5 Å². The summed E-state index contributed by atoms with van der Waals surface area (Å²) in [6, 6.07) is 18.2. The smallest absolute Gasteiger partial charge is 0.310 e. The molecular formula is C37H50N4O4S. The minimum absolute atomic E-state index is 0.0516. The summed E-state index contributed by atoms with van der Waals surface area (Å²) in [7, 11) is 3.73. The molecule has 3 aromatic rings. The van der Waals surface area contributed by atoms with Gasteiger partial charge in [0.05, 0.1) is 17.6 Å². The van der Waals surface area contributed by atoms with Gasteiger partial charge < -0.3 is 19.4 Å². The molecule has 2 aromatic carbocycles. The van der Waals surface area contributed by atoms with Crippen molar-refractivity contribution in [3.63, 3.8) is 0 Å². The Hall–Kier alpha value is -3.56. The van der Waals surface area contributed by atoms with Gasteiger partial charge in [-0.25, -0.2) is 4.98 Å². The molecule has 4 rings (SSSR count). The Morgan fingerprint density at radius 2 is 1.63 bits per heavy atom. The molecular weight excluding hydrogens is 596 g/mol. The normalized spacial score (nSPS) is 13.8. The van der Waals surface area contributed by atoms with Crippen molar-refractivity contribution in [2.45, 2.75) is 77.2 Å². The van der Waals surface area contributed by atoms with E-state index >= 15 is 0 Å². The molecule has 0 saturated carbocycles. The first kappa shape index (κ1) is 35.3. The highest BCUT2D eigenvalue weighted by Gasteiger charge is 2.23. The fraction of sp³-hybridized carbons (Fsp3) is 0.514. The number of thiazole rings is 1. The number of piperidine rings is 1. The maximum Gasteiger partial charge on any atom is 0.310 e. The largest absolute Gasteiger partial charge is 0.462 e. The lowest BCUT2D eigenvalue weighted by Crippen LogP contribution is -2.42. The summed E-state index contributed by atoms with van der Waals surface area (Å²) in [5.74, 6) is 0.0707. The van der Waals surface area contributed by atoms with Gasteiger partial charge >= 0.3 is 5.97 Å². The third-order valence-electron chi connectivity index (χ3n) is 8.65. The standard InChI is InChI=1S/C37H50N4O4S/c1-4-22-40(3)37(44)33-28-38-34(46-33)18-10-5-6-11-19-35(42)39(2)25-26-41-23-20-31(21-24-41)45-36(43)27-30-16-12-13-17-32(30)29-14-8-7-9-15-29/h7-9,12-17,28,31H,4-6,10-11,18-27H2,1-3H3. The van der Waals surface area contributed by atoms with Crippen LogP contribution in [0.4, 0.5) is 0 Å². The third kappa shape index (κ3) is 11.1. The second-order valence-electron chi connectivity index (χ2n) is 12.3. The summed E-state index contributed by atoms with van der Waals surface area (Å²) in [6.07, 6.45) is 9.91. The maximum absolute atomic E-state index is 12.8. The molecule has 0 aliphatic carbocycles. The highest BCUT2D eigenvalue weighted by molar-refractivity contribution is 7.13. The summed E-state index contributed by atoms with van der Waals surface area (Å²) < 4.78 is 5.87. The highest BCUT2D eigenvalue weighted by atomic mass is 32.1. The van der Waals surface area contributed by atoms with E-state index in [4.69, 9.17) is 4.74 Å². The van der Waals surface area contributed by atoms with Crippen LogP contribution in [-0.4, -0.2) is 90.4 Å². The van der Waals surface area contributed by atoms with Crippen LogP contribution in [0, 0.1) is 0 Å². The summed E-state index contributed by atoms with van der Waals surface area (Å²) in [5.41, 5.74) is 3.16. The molecule has 2 amide bonds. The van der Waals surface area contributed by atoms with Crippen molar-refractivity contribution >= 4 is 29.1 Å². The van der Waals surface area contributed by atoms with Gasteiger partial charge in [-0.05, 0) is 55.2 Å². The number of unbranched alkanes of at least 4 members (excludes halogenated alkanes) is 3. The average Bonchev–Trinajstić information content (AvgIpc) is 3.55. The number of aromatic nitrogens is 1. The molecule has 248 valence electrons. The number of hydrogen-bond donors (Lipinski definition) is 0. The van der Waals surface area contributed by atoms with Gasteiger partial charge in [0, 0.05) is 53.2 Å². The molecule has 0 N–H and O–H groups in total. The van der Waals surface area contributed by atoms with Crippen LogP contribution in [-0.2, 0) is 27.2 Å². The van der Waals surface area contributed by atoms with Gasteiger partial charge in [0.15, 0.2) is 0 Å². The molecule has 46 heavy (non-hydrogen) atoms. The van der Waals surface area contributed by atoms with Crippen LogP contribution in [0.2, 0.25) is 0 Å². The number of nitrogens with zero attached hydrogens (tertiary/aromatic N) is 4. The predicted octanol–water partition coefficient (Wildman–Crippen LogP) is 6.49. The first-order valence-electron chi connectivity index (χ1n) is 16.8. The highest BCUT2D eigenvalue weighted by Crippen LogP contribution is 2.25. The molecule has 0 bridgehead atoms. The van der Waals surface area contributed by atoms with E-state index in [0.717, 1.165) is 99.2 Å². The van der Waals surface area contributed by atoms with E-state index in [2.05, 4.69) is 35.0 Å². The van der Waals surface area contributed by atoms with Gasteiger partial charge in [-0.2, -0.15) is 0 Å². The Morgan fingerprint density at radius 1 is 0.913 bits per heavy atom. The number of carbonyl (C=O) groups is 3. The molecule has 1 fully saturated rings. The monoisotopic (exact) mass is 646 g/mol. The van der Waals surface area contributed by atoms with Crippen molar-refractivity contribution in [2.24, 2.45) is 0 Å². The minimum Gasteiger partial charge on any atom is -0.462 e. The Kier molecular flexibility index (Phi) is 14.2. The van der Waals surface area contributed by atoms with E-state index in [1.165, 1.54) is 11.3 Å². The zero-order valence-corrected chi connectivity index (χ0v) is 28.6. The number of carbonyl (C=O) groups excluding carboxylic acids is 3. The Balaban J connectivity index is 1.05. The van der Waals surface area contributed by atoms with Crippen molar-refractivity contribution in [1.82, 2.24) is 19.7 Å². The number of rotatable bonds is 17. The number of amides is 2. The molecule has 0 radical (unpaired) electrons. The summed E-state index contributed by atoms with van der Waals surface area (Å²) in [4.78, 5) is 49.0. The third-order valence-corrected chi connectivity index (χ3v) is 9.69. The average molecular weight is 647 g/mol. The van der Waals surface area contributed by atoms with Crippen molar-refractivity contribution in [1.29, 1.82) is 0 Å². The van der Waals surface area contributed by atoms with Crippen LogP contribution in [0.25, 0.3) is 11.1 Å². The van der Waals surface area contributed by atoms with Crippen molar-refractivity contribution in [3.8, 4) is 11.1 Å². The molecule has 1 aromatic heterocycles. The predicted molar refractivity (Wildman–Crippen MR) is 185 cm³/mol. The number of likely N-dealkylation sites (N-methyl/N-ethyl adjacent to an activating group) is 1. The molecule has 9 heteroatoms. The molecule has 0 atom stereocenters. The lowest BCUT2D eigenvalue weighted by Gasteiger charge is -2.32. The van der Waals surface area contributed by atoms with Crippen LogP contribution in [0.3, 0.4) is 0 Å². The SMILES string of the molecule is CCCN(C)C(=O)c1cnc(CCCCCCC(=O)N(C)CCN2CCC(OC(=O)Cc3ccccc3-c3ccccc3)CC2)s1. The molecule has 1 aliphatic heterocycles. The van der Waals surface area contributed by atoms with E-state index < -0.39 is 0 Å². The number of hydrogen-bond acceptors (Lipinski definition) is 7. The first-order valence-corrected chi connectivity index (χ1v) is 17.6. The van der Waals surface area contributed by atoms with E-state index in [0.29, 0.717) is 17.8 Å². The summed E-state index contributed by atoms with van der Waals surface area (Å²) in [5, 5.41) is 1.01. The van der Waals surface area contributed by atoms with Crippen LogP contribution < -0.4 is 0 Å². The lowest BCUT2D eigenvalue weighted by molar-refractivity contribution is -0.150. The van der Waals surface area contributed by atoms with Crippen molar-refractivity contribution in [2.75, 3.05) is 46.8 Å². The summed E-state index contributed by atoms with van der Waals surface area (Å²) >= 11 is 1.50. The number of likely N-dealkylation sites (tertiary alicyclic amines) is 1. The molecule has 1 aliphatic rings. The second kappa shape index (κ2) is 18.6. The Bertz CT molecular complexity index is 1390. The molecule has 0 unspecified atom stereocenters. The van der Waals surface area contributed by atoms with Gasteiger partial charge in [0.25, 0.3) is 5.91 Å². The molecule has 8 nitrogen and oxygen atoms in total. The number of benzene rings is 2. The van der Waals surface area contributed by atoms with Crippen LogP contribution in [0.15, 0.2) is 60.8 Å². The van der Waals surface area contributed by atoms with E-state index in [-0.39, 0.29) is 30.3 Å². The van der Waals surface area contributed by atoms with Crippen molar-refractivity contribution in [3.05, 3.63) is 76.2 Å². The van der Waals surface area contributed by atoms with E-state index in [1.54, 1.807) is 11.1 Å².